The molecule has 1 aromatic carbocycles. The fourth-order valence-corrected chi connectivity index (χ4v) is 2.49. The number of rotatable bonds is 5. The molecule has 6 heteroatoms. The fourth-order valence-electron chi connectivity index (χ4n) is 2.49. The van der Waals surface area contributed by atoms with E-state index in [1.807, 2.05) is 0 Å². The number of carbonyl (C=O) groups is 2. The van der Waals surface area contributed by atoms with Gasteiger partial charge in [0.1, 0.15) is 0 Å². The first-order valence-electron chi connectivity index (χ1n) is 6.75. The van der Waals surface area contributed by atoms with Crippen LogP contribution in [0.15, 0.2) is 18.2 Å². The highest BCUT2D eigenvalue weighted by atomic mass is 19.2. The van der Waals surface area contributed by atoms with E-state index in [0.29, 0.717) is 18.4 Å². The number of amides is 1. The van der Waals surface area contributed by atoms with E-state index in [1.54, 1.807) is 0 Å². The molecule has 1 aliphatic carbocycles. The Balaban J connectivity index is 1.99. The van der Waals surface area contributed by atoms with Crippen molar-refractivity contribution in [3.05, 3.63) is 35.4 Å². The highest BCUT2D eigenvalue weighted by Crippen LogP contribution is 2.44. The third kappa shape index (κ3) is 3.20. The van der Waals surface area contributed by atoms with Crippen molar-refractivity contribution < 1.29 is 23.5 Å². The van der Waals surface area contributed by atoms with E-state index in [4.69, 9.17) is 0 Å². The van der Waals surface area contributed by atoms with Gasteiger partial charge in [0.2, 0.25) is 5.91 Å². The summed E-state index contributed by atoms with van der Waals surface area (Å²) in [6, 6.07) is 3.45. The van der Waals surface area contributed by atoms with Gasteiger partial charge >= 0.3 is 5.97 Å². The normalized spacial score (nSPS) is 16.1. The molecule has 0 saturated heterocycles. The molecule has 0 aromatic heterocycles. The first kappa shape index (κ1) is 15.4. The molecule has 0 unspecified atom stereocenters. The van der Waals surface area contributed by atoms with E-state index >= 15 is 0 Å². The lowest BCUT2D eigenvalue weighted by molar-refractivity contribution is -0.159. The monoisotopic (exact) mass is 297 g/mol. The predicted molar refractivity (Wildman–Crippen MR) is 71.4 cm³/mol. The minimum Gasteiger partial charge on any atom is -0.481 e. The van der Waals surface area contributed by atoms with E-state index in [0.717, 1.165) is 18.6 Å². The molecular formula is C15H17F2NO3. The molecule has 4 nitrogen and oxygen atoms in total. The number of hydrogen-bond acceptors (Lipinski definition) is 2. The van der Waals surface area contributed by atoms with Crippen LogP contribution < -0.4 is 0 Å². The van der Waals surface area contributed by atoms with E-state index in [1.165, 1.54) is 18.0 Å². The van der Waals surface area contributed by atoms with Crippen molar-refractivity contribution in [1.29, 1.82) is 0 Å². The molecule has 1 aromatic rings. The molecule has 1 saturated carbocycles. The summed E-state index contributed by atoms with van der Waals surface area (Å²) in [6.45, 7) is 0.117. The zero-order valence-corrected chi connectivity index (χ0v) is 11.7. The average molecular weight is 297 g/mol. The maximum Gasteiger partial charge on any atom is 0.310 e. The smallest absolute Gasteiger partial charge is 0.310 e. The van der Waals surface area contributed by atoms with Crippen LogP contribution in [-0.4, -0.2) is 28.9 Å². The van der Waals surface area contributed by atoms with Gasteiger partial charge in [0, 0.05) is 20.0 Å². The van der Waals surface area contributed by atoms with Gasteiger partial charge in [-0.2, -0.15) is 0 Å². The van der Waals surface area contributed by atoms with Crippen LogP contribution in [0.3, 0.4) is 0 Å². The van der Waals surface area contributed by atoms with E-state index in [9.17, 15) is 23.5 Å². The Labute approximate surface area is 121 Å². The molecule has 1 fully saturated rings. The molecule has 0 bridgehead atoms. The van der Waals surface area contributed by atoms with Crippen LogP contribution >= 0.6 is 0 Å². The second kappa shape index (κ2) is 5.79. The molecule has 1 N–H and O–H groups in total. The lowest BCUT2D eigenvalue weighted by atomic mass is 9.66. The van der Waals surface area contributed by atoms with Crippen LogP contribution in [-0.2, 0) is 16.1 Å². The second-order valence-corrected chi connectivity index (χ2v) is 5.61. The van der Waals surface area contributed by atoms with Gasteiger partial charge in [-0.1, -0.05) is 12.5 Å². The summed E-state index contributed by atoms with van der Waals surface area (Å²) in [7, 11) is 1.53. The Morgan fingerprint density at radius 3 is 2.43 bits per heavy atom. The zero-order valence-electron chi connectivity index (χ0n) is 11.7. The number of carboxylic acid groups (broad SMARTS) is 1. The Bertz CT molecular complexity index is 570. The van der Waals surface area contributed by atoms with Crippen molar-refractivity contribution in [2.45, 2.75) is 32.2 Å². The van der Waals surface area contributed by atoms with Gasteiger partial charge in [-0.15, -0.1) is 0 Å². The number of halogens is 2. The predicted octanol–water partition coefficient (Wildman–Crippen LogP) is 2.57. The molecule has 0 spiro atoms. The summed E-state index contributed by atoms with van der Waals surface area (Å²) in [4.78, 5) is 24.7. The Morgan fingerprint density at radius 1 is 1.29 bits per heavy atom. The number of nitrogens with zero attached hydrogens (tertiary/aromatic N) is 1. The summed E-state index contributed by atoms with van der Waals surface area (Å²) < 4.78 is 26.0. The van der Waals surface area contributed by atoms with Gasteiger partial charge in [-0.05, 0) is 30.5 Å². The van der Waals surface area contributed by atoms with Crippen LogP contribution in [0.5, 0.6) is 0 Å². The summed E-state index contributed by atoms with van der Waals surface area (Å²) >= 11 is 0. The third-order valence-corrected chi connectivity index (χ3v) is 4.08. The minimum absolute atomic E-state index is 0.0531. The zero-order chi connectivity index (χ0) is 15.6. The fraction of sp³-hybridized carbons (Fsp3) is 0.467. The molecule has 0 aliphatic heterocycles. The summed E-state index contributed by atoms with van der Waals surface area (Å²) in [5.41, 5.74) is -0.484. The molecule has 21 heavy (non-hydrogen) atoms. The van der Waals surface area contributed by atoms with E-state index in [2.05, 4.69) is 0 Å². The number of benzene rings is 1. The van der Waals surface area contributed by atoms with Crippen molar-refractivity contribution in [1.82, 2.24) is 4.90 Å². The lowest BCUT2D eigenvalue weighted by Gasteiger charge is -2.38. The largest absolute Gasteiger partial charge is 0.481 e. The topological polar surface area (TPSA) is 57.6 Å². The van der Waals surface area contributed by atoms with Crippen LogP contribution in [0.25, 0.3) is 0 Å². The summed E-state index contributed by atoms with van der Waals surface area (Å²) in [5.74, 6) is -3.15. The minimum atomic E-state index is -0.964. The third-order valence-electron chi connectivity index (χ3n) is 4.08. The lowest BCUT2D eigenvalue weighted by Crippen LogP contribution is -2.42. The standard InChI is InChI=1S/C15H17F2NO3/c1-18(9-10-3-4-11(16)12(17)7-10)13(19)8-15(14(20)21)5-2-6-15/h3-4,7H,2,5-6,8-9H2,1H3,(H,20,21). The van der Waals surface area contributed by atoms with Crippen molar-refractivity contribution in [3.8, 4) is 0 Å². The number of carboxylic acids is 1. The first-order valence-corrected chi connectivity index (χ1v) is 6.75. The number of carbonyl (C=O) groups excluding carboxylic acids is 1. The molecular weight excluding hydrogens is 280 g/mol. The summed E-state index contributed by atoms with van der Waals surface area (Å²) in [5, 5.41) is 9.21. The SMILES string of the molecule is CN(Cc1ccc(F)c(F)c1)C(=O)CC1(C(=O)O)CCC1. The number of aliphatic carboxylic acids is 1. The Kier molecular flexibility index (Phi) is 4.25. The second-order valence-electron chi connectivity index (χ2n) is 5.61. The molecule has 0 atom stereocenters. The number of hydrogen-bond donors (Lipinski definition) is 1. The van der Waals surface area contributed by atoms with Gasteiger partial charge in [0.25, 0.3) is 0 Å². The van der Waals surface area contributed by atoms with Crippen LogP contribution in [0.4, 0.5) is 8.78 Å². The van der Waals surface area contributed by atoms with E-state index < -0.39 is 23.0 Å². The average Bonchev–Trinajstić information content (AvgIpc) is 2.37. The Morgan fingerprint density at radius 2 is 1.95 bits per heavy atom. The highest BCUT2D eigenvalue weighted by Gasteiger charge is 2.46. The van der Waals surface area contributed by atoms with Gasteiger partial charge in [-0.3, -0.25) is 9.59 Å². The van der Waals surface area contributed by atoms with Crippen molar-refractivity contribution >= 4 is 11.9 Å². The highest BCUT2D eigenvalue weighted by molar-refractivity contribution is 5.85. The summed E-state index contributed by atoms with van der Waals surface area (Å²) in [6.07, 6.45) is 1.77. The van der Waals surface area contributed by atoms with Crippen molar-refractivity contribution in [3.63, 3.8) is 0 Å². The van der Waals surface area contributed by atoms with Crippen LogP contribution in [0.1, 0.15) is 31.2 Å². The molecule has 0 heterocycles. The quantitative estimate of drug-likeness (QED) is 0.908. The molecule has 1 aliphatic rings. The maximum atomic E-state index is 13.1. The molecule has 0 radical (unpaired) electrons. The molecule has 114 valence electrons. The van der Waals surface area contributed by atoms with Gasteiger partial charge in [-0.25, -0.2) is 8.78 Å². The maximum absolute atomic E-state index is 13.1. The van der Waals surface area contributed by atoms with E-state index in [-0.39, 0.29) is 18.9 Å². The molecule has 1 amide bonds. The Hall–Kier alpha value is -1.98. The first-order chi connectivity index (χ1) is 9.84. The van der Waals surface area contributed by atoms with Crippen molar-refractivity contribution in [2.75, 3.05) is 7.05 Å². The van der Waals surface area contributed by atoms with Crippen molar-refractivity contribution in [2.24, 2.45) is 5.41 Å². The van der Waals surface area contributed by atoms with Gasteiger partial charge < -0.3 is 10.0 Å². The van der Waals surface area contributed by atoms with Crippen LogP contribution in [0, 0.1) is 17.0 Å². The van der Waals surface area contributed by atoms with Gasteiger partial charge in [0.15, 0.2) is 11.6 Å². The van der Waals surface area contributed by atoms with Crippen LogP contribution in [0.2, 0.25) is 0 Å². The molecule has 2 rings (SSSR count). The van der Waals surface area contributed by atoms with Gasteiger partial charge in [0.05, 0.1) is 5.41 Å².